The number of aromatic nitrogens is 3. The van der Waals surface area contributed by atoms with Crippen LogP contribution >= 0.6 is 0 Å². The monoisotopic (exact) mass is 255 g/mol. The van der Waals surface area contributed by atoms with Gasteiger partial charge in [-0.05, 0) is 24.1 Å². The summed E-state index contributed by atoms with van der Waals surface area (Å²) >= 11 is 0. The number of nitriles is 1. The van der Waals surface area contributed by atoms with Gasteiger partial charge in [-0.2, -0.15) is 10.4 Å². The van der Waals surface area contributed by atoms with Crippen LogP contribution < -0.4 is 5.32 Å². The van der Waals surface area contributed by atoms with Crippen LogP contribution in [0.15, 0.2) is 30.6 Å². The van der Waals surface area contributed by atoms with E-state index in [0.29, 0.717) is 18.7 Å². The summed E-state index contributed by atoms with van der Waals surface area (Å²) < 4.78 is 1.92. The number of rotatable bonds is 6. The highest BCUT2D eigenvalue weighted by Crippen LogP contribution is 2.04. The molecule has 0 aliphatic rings. The highest BCUT2D eigenvalue weighted by atomic mass is 15.3. The number of nitrogens with one attached hydrogen (secondary N) is 1. The minimum absolute atomic E-state index is 0.677. The number of nitrogens with zero attached hydrogens (tertiary/aromatic N) is 4. The van der Waals surface area contributed by atoms with E-state index in [0.717, 1.165) is 24.4 Å². The summed E-state index contributed by atoms with van der Waals surface area (Å²) in [4.78, 5) is 4.24. The van der Waals surface area contributed by atoms with Crippen molar-refractivity contribution in [2.24, 2.45) is 0 Å². The van der Waals surface area contributed by atoms with Gasteiger partial charge in [0.15, 0.2) is 0 Å². The number of hydrogen-bond donors (Lipinski definition) is 1. The van der Waals surface area contributed by atoms with Gasteiger partial charge in [-0.15, -0.1) is 0 Å². The summed E-state index contributed by atoms with van der Waals surface area (Å²) in [6.45, 7) is 4.40. The zero-order valence-electron chi connectivity index (χ0n) is 11.0. The Labute approximate surface area is 112 Å². The summed E-state index contributed by atoms with van der Waals surface area (Å²) in [7, 11) is 0. The minimum Gasteiger partial charge on any atom is -0.306 e. The second kappa shape index (κ2) is 6.66. The lowest BCUT2D eigenvalue weighted by Gasteiger charge is -2.06. The highest BCUT2D eigenvalue weighted by Gasteiger charge is 2.03. The van der Waals surface area contributed by atoms with E-state index in [4.69, 9.17) is 5.26 Å². The van der Waals surface area contributed by atoms with E-state index >= 15 is 0 Å². The number of benzene rings is 1. The summed E-state index contributed by atoms with van der Waals surface area (Å²) in [5, 5.41) is 16.3. The van der Waals surface area contributed by atoms with Crippen LogP contribution in [0.3, 0.4) is 0 Å². The van der Waals surface area contributed by atoms with E-state index in [9.17, 15) is 0 Å². The van der Waals surface area contributed by atoms with Crippen molar-refractivity contribution in [2.75, 3.05) is 0 Å². The van der Waals surface area contributed by atoms with E-state index < -0.39 is 0 Å². The van der Waals surface area contributed by atoms with Gasteiger partial charge >= 0.3 is 0 Å². The van der Waals surface area contributed by atoms with Gasteiger partial charge < -0.3 is 5.32 Å². The fourth-order valence-corrected chi connectivity index (χ4v) is 1.89. The molecule has 0 fully saturated rings. The highest BCUT2D eigenvalue weighted by molar-refractivity contribution is 5.32. The molecule has 2 aromatic rings. The molecule has 0 bridgehead atoms. The maximum atomic E-state index is 8.84. The molecule has 19 heavy (non-hydrogen) atoms. The first-order chi connectivity index (χ1) is 9.33. The van der Waals surface area contributed by atoms with Crippen molar-refractivity contribution in [1.29, 1.82) is 5.26 Å². The molecule has 0 atom stereocenters. The first-order valence-electron chi connectivity index (χ1n) is 6.40. The Hall–Kier alpha value is -2.19. The van der Waals surface area contributed by atoms with Crippen molar-refractivity contribution < 1.29 is 0 Å². The van der Waals surface area contributed by atoms with Gasteiger partial charge in [0.05, 0.1) is 18.2 Å². The molecule has 0 saturated heterocycles. The van der Waals surface area contributed by atoms with Crippen LogP contribution in [0.2, 0.25) is 0 Å². The fraction of sp³-hybridized carbons (Fsp3) is 0.357. The standard InChI is InChI=1S/C14H17N5/c1-2-6-19-14(17-11-18-19)10-16-9-13-5-3-4-12(7-13)8-15/h3-5,7,11,16H,2,6,9-10H2,1H3. The second-order valence-electron chi connectivity index (χ2n) is 4.32. The molecule has 0 aliphatic carbocycles. The Morgan fingerprint density at radius 1 is 1.37 bits per heavy atom. The lowest BCUT2D eigenvalue weighted by molar-refractivity contribution is 0.542. The van der Waals surface area contributed by atoms with Gasteiger partial charge in [-0.25, -0.2) is 9.67 Å². The Morgan fingerprint density at radius 2 is 2.26 bits per heavy atom. The van der Waals surface area contributed by atoms with E-state index in [1.54, 1.807) is 12.4 Å². The molecule has 1 heterocycles. The molecule has 1 aromatic carbocycles. The van der Waals surface area contributed by atoms with Crippen LogP contribution in [0, 0.1) is 11.3 Å². The summed E-state index contributed by atoms with van der Waals surface area (Å²) in [5.74, 6) is 0.943. The largest absolute Gasteiger partial charge is 0.306 e. The molecule has 0 saturated carbocycles. The lowest BCUT2D eigenvalue weighted by atomic mass is 10.1. The fourth-order valence-electron chi connectivity index (χ4n) is 1.89. The molecule has 0 unspecified atom stereocenters. The molecule has 2 rings (SSSR count). The van der Waals surface area contributed by atoms with E-state index in [-0.39, 0.29) is 0 Å². The van der Waals surface area contributed by atoms with Crippen LogP contribution in [-0.4, -0.2) is 14.8 Å². The Balaban J connectivity index is 1.89. The smallest absolute Gasteiger partial charge is 0.140 e. The van der Waals surface area contributed by atoms with Crippen LogP contribution in [0.1, 0.15) is 30.3 Å². The molecule has 0 radical (unpaired) electrons. The minimum atomic E-state index is 0.677. The molecular formula is C14H17N5. The van der Waals surface area contributed by atoms with Gasteiger partial charge in [0.2, 0.25) is 0 Å². The topological polar surface area (TPSA) is 66.5 Å². The number of hydrogen-bond acceptors (Lipinski definition) is 4. The predicted octanol–water partition coefficient (Wildman–Crippen LogP) is 1.85. The van der Waals surface area contributed by atoms with E-state index in [1.807, 2.05) is 22.9 Å². The van der Waals surface area contributed by atoms with Crippen molar-refractivity contribution in [3.05, 3.63) is 47.5 Å². The Bertz CT molecular complexity index is 567. The predicted molar refractivity (Wildman–Crippen MR) is 72.0 cm³/mol. The van der Waals surface area contributed by atoms with Gasteiger partial charge in [0.25, 0.3) is 0 Å². The molecular weight excluding hydrogens is 238 g/mol. The zero-order valence-corrected chi connectivity index (χ0v) is 11.0. The lowest BCUT2D eigenvalue weighted by Crippen LogP contribution is -2.17. The Kier molecular flexibility index (Phi) is 4.65. The summed E-state index contributed by atoms with van der Waals surface area (Å²) in [6.07, 6.45) is 2.63. The molecule has 0 aliphatic heterocycles. The summed E-state index contributed by atoms with van der Waals surface area (Å²) in [6, 6.07) is 9.75. The van der Waals surface area contributed by atoms with Crippen LogP contribution in [0.25, 0.3) is 0 Å². The van der Waals surface area contributed by atoms with Crippen LogP contribution in [0.4, 0.5) is 0 Å². The number of aryl methyl sites for hydroxylation is 1. The van der Waals surface area contributed by atoms with Crippen molar-refractivity contribution in [3.63, 3.8) is 0 Å². The van der Waals surface area contributed by atoms with Crippen LogP contribution in [-0.2, 0) is 19.6 Å². The van der Waals surface area contributed by atoms with Gasteiger partial charge in [0, 0.05) is 13.1 Å². The molecule has 5 nitrogen and oxygen atoms in total. The third kappa shape index (κ3) is 3.63. The van der Waals surface area contributed by atoms with Gasteiger partial charge in [-0.3, -0.25) is 0 Å². The molecule has 1 N–H and O–H groups in total. The van der Waals surface area contributed by atoms with E-state index in [1.165, 1.54) is 0 Å². The van der Waals surface area contributed by atoms with Crippen molar-refractivity contribution in [1.82, 2.24) is 20.1 Å². The molecule has 0 spiro atoms. The maximum absolute atomic E-state index is 8.84. The maximum Gasteiger partial charge on any atom is 0.140 e. The molecule has 0 amide bonds. The molecule has 1 aromatic heterocycles. The van der Waals surface area contributed by atoms with Crippen molar-refractivity contribution >= 4 is 0 Å². The average Bonchev–Trinajstić information content (AvgIpc) is 2.87. The van der Waals surface area contributed by atoms with E-state index in [2.05, 4.69) is 28.4 Å². The summed E-state index contributed by atoms with van der Waals surface area (Å²) in [5.41, 5.74) is 1.79. The van der Waals surface area contributed by atoms with Crippen molar-refractivity contribution in [3.8, 4) is 6.07 Å². The van der Waals surface area contributed by atoms with Crippen LogP contribution in [0.5, 0.6) is 0 Å². The van der Waals surface area contributed by atoms with Crippen molar-refractivity contribution in [2.45, 2.75) is 33.0 Å². The zero-order chi connectivity index (χ0) is 13.5. The van der Waals surface area contributed by atoms with Gasteiger partial charge in [0.1, 0.15) is 12.2 Å². The molecule has 98 valence electrons. The third-order valence-electron chi connectivity index (χ3n) is 2.80. The quantitative estimate of drug-likeness (QED) is 0.855. The third-order valence-corrected chi connectivity index (χ3v) is 2.80. The first-order valence-corrected chi connectivity index (χ1v) is 6.40. The second-order valence-corrected chi connectivity index (χ2v) is 4.32. The average molecular weight is 255 g/mol. The SMILES string of the molecule is CCCn1ncnc1CNCc1cccc(C#N)c1. The first kappa shape index (κ1) is 13.2. The normalized spacial score (nSPS) is 10.3. The van der Waals surface area contributed by atoms with Gasteiger partial charge in [-0.1, -0.05) is 19.1 Å². The Morgan fingerprint density at radius 3 is 3.05 bits per heavy atom. The molecule has 5 heteroatoms.